The van der Waals surface area contributed by atoms with E-state index in [0.717, 1.165) is 17.3 Å². The van der Waals surface area contributed by atoms with Crippen LogP contribution in [-0.2, 0) is 4.79 Å². The average Bonchev–Trinajstić information content (AvgIpc) is 3.09. The standard InChI is InChI=1S/C13H9N7.C4H9NO/c14-13-17-9-4-2-1-3-8(9)12-18-11(19-20(12)13)10-7-15-5-6-16-10;1-2-3-4(5)6/h1-7H,(H2,14,17);2-3H2,1H3,(H2,5,6). The third-order valence-corrected chi connectivity index (χ3v) is 3.49. The predicted molar refractivity (Wildman–Crippen MR) is 97.8 cm³/mol. The first-order valence-electron chi connectivity index (χ1n) is 8.05. The number of fused-ring (bicyclic) bond motifs is 3. The molecule has 0 aliphatic carbocycles. The number of anilines is 1. The molecule has 0 aliphatic rings. The molecule has 4 aromatic rings. The van der Waals surface area contributed by atoms with Crippen molar-refractivity contribution in [2.24, 2.45) is 5.73 Å². The van der Waals surface area contributed by atoms with Gasteiger partial charge in [-0.15, -0.1) is 5.10 Å². The molecule has 3 aromatic heterocycles. The van der Waals surface area contributed by atoms with E-state index in [4.69, 9.17) is 11.5 Å². The van der Waals surface area contributed by atoms with Crippen LogP contribution in [0.2, 0.25) is 0 Å². The third kappa shape index (κ3) is 3.56. The molecule has 132 valence electrons. The quantitative estimate of drug-likeness (QED) is 0.572. The molecule has 9 heteroatoms. The molecule has 0 saturated heterocycles. The number of aromatic nitrogens is 6. The average molecular weight is 350 g/mol. The van der Waals surface area contributed by atoms with Gasteiger partial charge in [-0.25, -0.2) is 15.0 Å². The van der Waals surface area contributed by atoms with E-state index in [1.807, 2.05) is 31.2 Å². The summed E-state index contributed by atoms with van der Waals surface area (Å²) in [4.78, 5) is 26.8. The lowest BCUT2D eigenvalue weighted by Gasteiger charge is -2.00. The number of benzene rings is 1. The van der Waals surface area contributed by atoms with Crippen LogP contribution in [0.4, 0.5) is 5.95 Å². The molecule has 0 radical (unpaired) electrons. The number of hydrogen-bond acceptors (Lipinski definition) is 7. The van der Waals surface area contributed by atoms with E-state index < -0.39 is 0 Å². The zero-order chi connectivity index (χ0) is 18.5. The summed E-state index contributed by atoms with van der Waals surface area (Å²) in [6.45, 7) is 1.92. The largest absolute Gasteiger partial charge is 0.370 e. The molecule has 1 amide bonds. The van der Waals surface area contributed by atoms with Gasteiger partial charge in [-0.3, -0.25) is 9.78 Å². The molecule has 26 heavy (non-hydrogen) atoms. The Hall–Kier alpha value is -3.62. The maximum absolute atomic E-state index is 9.82. The van der Waals surface area contributed by atoms with Crippen LogP contribution in [-0.4, -0.2) is 35.5 Å². The lowest BCUT2D eigenvalue weighted by atomic mass is 10.2. The zero-order valence-electron chi connectivity index (χ0n) is 14.2. The highest BCUT2D eigenvalue weighted by Gasteiger charge is 2.13. The van der Waals surface area contributed by atoms with Crippen molar-refractivity contribution in [1.29, 1.82) is 0 Å². The summed E-state index contributed by atoms with van der Waals surface area (Å²) in [5.74, 6) is 0.557. The number of para-hydroxylation sites is 1. The molecule has 0 saturated carbocycles. The SMILES string of the molecule is CCCC(N)=O.Nc1nc2ccccc2c2nc(-c3cnccn3)nn12. The van der Waals surface area contributed by atoms with Gasteiger partial charge in [0.15, 0.2) is 5.65 Å². The summed E-state index contributed by atoms with van der Waals surface area (Å²) in [5.41, 5.74) is 12.7. The summed E-state index contributed by atoms with van der Waals surface area (Å²) >= 11 is 0. The molecule has 4 rings (SSSR count). The monoisotopic (exact) mass is 350 g/mol. The van der Waals surface area contributed by atoms with Crippen molar-refractivity contribution < 1.29 is 4.79 Å². The molecule has 0 atom stereocenters. The first-order valence-corrected chi connectivity index (χ1v) is 8.05. The minimum absolute atomic E-state index is 0.211. The van der Waals surface area contributed by atoms with Crippen LogP contribution >= 0.6 is 0 Å². The Morgan fingerprint density at radius 1 is 1.19 bits per heavy atom. The number of carbonyl (C=O) groups is 1. The second kappa shape index (κ2) is 7.51. The Kier molecular flexibility index (Phi) is 4.97. The predicted octanol–water partition coefficient (Wildman–Crippen LogP) is 1.59. The van der Waals surface area contributed by atoms with Gasteiger partial charge in [0, 0.05) is 24.2 Å². The minimum atomic E-state index is -0.211. The molecular formula is C17H18N8O. The highest BCUT2D eigenvalue weighted by Crippen LogP contribution is 2.21. The van der Waals surface area contributed by atoms with Gasteiger partial charge in [0.05, 0.1) is 11.7 Å². The van der Waals surface area contributed by atoms with Gasteiger partial charge < -0.3 is 11.5 Å². The summed E-state index contributed by atoms with van der Waals surface area (Å²) in [7, 11) is 0. The summed E-state index contributed by atoms with van der Waals surface area (Å²) in [6, 6.07) is 7.66. The summed E-state index contributed by atoms with van der Waals surface area (Å²) in [5, 5.41) is 5.24. The second-order valence-corrected chi connectivity index (χ2v) is 5.46. The fourth-order valence-corrected chi connectivity index (χ4v) is 2.35. The van der Waals surface area contributed by atoms with Crippen molar-refractivity contribution in [2.45, 2.75) is 19.8 Å². The first-order chi connectivity index (χ1) is 12.6. The maximum Gasteiger partial charge on any atom is 0.223 e. The summed E-state index contributed by atoms with van der Waals surface area (Å²) < 4.78 is 1.52. The van der Waals surface area contributed by atoms with E-state index in [0.29, 0.717) is 29.5 Å². The van der Waals surface area contributed by atoms with Crippen molar-refractivity contribution in [1.82, 2.24) is 29.5 Å². The lowest BCUT2D eigenvalue weighted by Crippen LogP contribution is -2.08. The molecular weight excluding hydrogens is 332 g/mol. The molecule has 0 bridgehead atoms. The highest BCUT2D eigenvalue weighted by atomic mass is 16.1. The van der Waals surface area contributed by atoms with Crippen LogP contribution in [0.5, 0.6) is 0 Å². The van der Waals surface area contributed by atoms with Crippen molar-refractivity contribution in [3.05, 3.63) is 42.9 Å². The van der Waals surface area contributed by atoms with Crippen LogP contribution in [0.15, 0.2) is 42.9 Å². The van der Waals surface area contributed by atoms with E-state index >= 15 is 0 Å². The number of rotatable bonds is 3. The van der Waals surface area contributed by atoms with Crippen LogP contribution in [0.1, 0.15) is 19.8 Å². The van der Waals surface area contributed by atoms with Gasteiger partial charge >= 0.3 is 0 Å². The van der Waals surface area contributed by atoms with E-state index in [1.165, 1.54) is 4.52 Å². The second-order valence-electron chi connectivity index (χ2n) is 5.46. The van der Waals surface area contributed by atoms with Crippen molar-refractivity contribution in [3.63, 3.8) is 0 Å². The van der Waals surface area contributed by atoms with Gasteiger partial charge in [-0.1, -0.05) is 19.1 Å². The van der Waals surface area contributed by atoms with Crippen molar-refractivity contribution in [2.75, 3.05) is 5.73 Å². The minimum Gasteiger partial charge on any atom is -0.370 e. The summed E-state index contributed by atoms with van der Waals surface area (Å²) in [6.07, 6.45) is 6.18. The fraction of sp³-hybridized carbons (Fsp3) is 0.176. The van der Waals surface area contributed by atoms with Crippen molar-refractivity contribution >= 4 is 28.4 Å². The van der Waals surface area contributed by atoms with E-state index in [2.05, 4.69) is 25.0 Å². The van der Waals surface area contributed by atoms with Crippen LogP contribution in [0, 0.1) is 0 Å². The van der Waals surface area contributed by atoms with Gasteiger partial charge in [-0.05, 0) is 18.6 Å². The normalized spacial score (nSPS) is 10.5. The van der Waals surface area contributed by atoms with E-state index in [1.54, 1.807) is 18.6 Å². The number of primary amides is 1. The number of nitrogens with zero attached hydrogens (tertiary/aromatic N) is 6. The third-order valence-electron chi connectivity index (χ3n) is 3.49. The number of carbonyl (C=O) groups excluding carboxylic acids is 1. The number of nitrogens with two attached hydrogens (primary N) is 2. The van der Waals surface area contributed by atoms with Gasteiger partial charge in [-0.2, -0.15) is 4.52 Å². The molecule has 4 N–H and O–H groups in total. The molecule has 0 spiro atoms. The van der Waals surface area contributed by atoms with Gasteiger partial charge in [0.2, 0.25) is 17.7 Å². The van der Waals surface area contributed by atoms with E-state index in [-0.39, 0.29) is 5.91 Å². The Morgan fingerprint density at radius 3 is 2.65 bits per heavy atom. The number of amides is 1. The number of nitrogen functional groups attached to an aromatic ring is 1. The Morgan fingerprint density at radius 2 is 2.00 bits per heavy atom. The fourth-order valence-electron chi connectivity index (χ4n) is 2.35. The molecule has 0 aliphatic heterocycles. The van der Waals surface area contributed by atoms with Gasteiger partial charge in [0.1, 0.15) is 5.69 Å². The lowest BCUT2D eigenvalue weighted by molar-refractivity contribution is -0.118. The molecule has 3 heterocycles. The Balaban J connectivity index is 0.000000286. The van der Waals surface area contributed by atoms with E-state index in [9.17, 15) is 4.79 Å². The first kappa shape index (κ1) is 17.2. The van der Waals surface area contributed by atoms with Crippen LogP contribution < -0.4 is 11.5 Å². The zero-order valence-corrected chi connectivity index (χ0v) is 14.2. The van der Waals surface area contributed by atoms with Gasteiger partial charge in [0.25, 0.3) is 0 Å². The molecule has 0 unspecified atom stereocenters. The van der Waals surface area contributed by atoms with Crippen LogP contribution in [0.25, 0.3) is 28.1 Å². The van der Waals surface area contributed by atoms with Crippen LogP contribution in [0.3, 0.4) is 0 Å². The Bertz CT molecular complexity index is 1040. The molecule has 0 fully saturated rings. The molecule has 9 nitrogen and oxygen atoms in total. The maximum atomic E-state index is 9.82. The molecule has 1 aromatic carbocycles. The smallest absolute Gasteiger partial charge is 0.223 e. The topological polar surface area (TPSA) is 138 Å². The highest BCUT2D eigenvalue weighted by molar-refractivity contribution is 5.92. The Labute approximate surface area is 149 Å². The number of hydrogen-bond donors (Lipinski definition) is 2. The van der Waals surface area contributed by atoms with Crippen molar-refractivity contribution in [3.8, 4) is 11.5 Å².